The molecule has 0 unspecified atom stereocenters. The molecule has 1 aliphatic rings. The number of nitrogens with zero attached hydrogens (tertiary/aromatic N) is 3. The maximum absolute atomic E-state index is 14.0. The van der Waals surface area contributed by atoms with Crippen molar-refractivity contribution >= 4 is 17.1 Å². The molecule has 1 aliphatic carbocycles. The Morgan fingerprint density at radius 1 is 1.26 bits per heavy atom. The molecule has 3 rings (SSSR count). The smallest absolute Gasteiger partial charge is 0.332 e. The Bertz CT molecular complexity index is 2110. The van der Waals surface area contributed by atoms with Crippen molar-refractivity contribution in [3.05, 3.63) is 26.7 Å². The van der Waals surface area contributed by atoms with Crippen LogP contribution in [0.4, 0.5) is 0 Å². The molecule has 0 aromatic carbocycles. The van der Waals surface area contributed by atoms with Crippen LogP contribution in [0, 0.1) is 5.41 Å². The Balaban J connectivity index is 2.82. The van der Waals surface area contributed by atoms with E-state index in [-0.39, 0.29) is 6.92 Å². The maximum Gasteiger partial charge on any atom is 0.332 e. The minimum atomic E-state index is -5.07. The molecule has 2 aromatic heterocycles. The first-order valence-electron chi connectivity index (χ1n) is 22.5. The average molecular weight is 461 g/mol. The number of aromatic amines is 1. The Hall–Kier alpha value is -2.38. The summed E-state index contributed by atoms with van der Waals surface area (Å²) < 4.78 is 233. The van der Waals surface area contributed by atoms with Crippen LogP contribution in [-0.4, -0.2) is 30.2 Å². The minimum absolute atomic E-state index is 0.241. The zero-order chi connectivity index (χ0) is 47.3. The van der Waals surface area contributed by atoms with E-state index in [0.29, 0.717) is 0 Å². The van der Waals surface area contributed by atoms with Crippen LogP contribution in [0.2, 0.25) is 0 Å². The molecule has 2 aromatic rings. The molecule has 2 N–H and O–H groups in total. The van der Waals surface area contributed by atoms with Gasteiger partial charge in [-0.15, -0.1) is 0 Å². The van der Waals surface area contributed by atoms with E-state index < -0.39 is 145 Å². The number of carbonyl (C=O) groups is 1. The number of hydrogen-bond donors (Lipinski definition) is 2. The summed E-state index contributed by atoms with van der Waals surface area (Å²) in [5.41, 5.74) is -16.6. The molecule has 1 saturated carbocycles. The van der Waals surface area contributed by atoms with E-state index in [4.69, 9.17) is 38.4 Å². The molecule has 0 radical (unpaired) electrons. The molecule has 31 heavy (non-hydrogen) atoms. The Morgan fingerprint density at radius 2 is 2.03 bits per heavy atom. The first-order chi connectivity index (χ1) is 25.5. The highest BCUT2D eigenvalue weighted by Crippen LogP contribution is 2.50. The van der Waals surface area contributed by atoms with Gasteiger partial charge in [-0.3, -0.25) is 18.7 Å². The summed E-state index contributed by atoms with van der Waals surface area (Å²) in [6.07, 6.45) is -39.3. The van der Waals surface area contributed by atoms with Crippen molar-refractivity contribution in [2.75, 3.05) is 0 Å². The second-order valence-corrected chi connectivity index (χ2v) is 6.19. The predicted molar refractivity (Wildman–Crippen MR) is 121 cm³/mol. The van der Waals surface area contributed by atoms with E-state index in [2.05, 4.69) is 4.98 Å². The van der Waals surface area contributed by atoms with Crippen molar-refractivity contribution in [1.29, 1.82) is 0 Å². The van der Waals surface area contributed by atoms with Crippen LogP contribution in [0.5, 0.6) is 0 Å². The molecular weight excluding hydrogens is 396 g/mol. The van der Waals surface area contributed by atoms with Gasteiger partial charge < -0.3 is 10.1 Å². The topological polar surface area (TPSA) is 110 Å². The maximum atomic E-state index is 14.0. The summed E-state index contributed by atoms with van der Waals surface area (Å²) in [7, 11) is 0. The summed E-state index contributed by atoms with van der Waals surface area (Å²) in [5, 5.41) is 9.69. The number of imidazole rings is 1. The summed E-state index contributed by atoms with van der Waals surface area (Å²) in [6.45, 7) is -18.6. The van der Waals surface area contributed by atoms with E-state index in [1.165, 1.54) is 0 Å². The van der Waals surface area contributed by atoms with Crippen LogP contribution in [0.1, 0.15) is 129 Å². The second kappa shape index (κ2) is 9.01. The van der Waals surface area contributed by atoms with Crippen LogP contribution in [0.3, 0.4) is 0 Å². The molecule has 0 spiro atoms. The molecule has 0 amide bonds. The fourth-order valence-corrected chi connectivity index (χ4v) is 2.61. The fraction of sp³-hybridized carbons (Fsp3) is 0.739. The number of rotatable bonds is 9. The number of aliphatic carboxylic acids is 1. The van der Waals surface area contributed by atoms with Crippen molar-refractivity contribution in [3.63, 3.8) is 0 Å². The lowest BCUT2D eigenvalue weighted by Crippen LogP contribution is -2.40. The molecule has 0 saturated heterocycles. The van der Waals surface area contributed by atoms with Gasteiger partial charge in [0.25, 0.3) is 5.56 Å². The highest BCUT2D eigenvalue weighted by atomic mass is 16.4. The van der Waals surface area contributed by atoms with Crippen LogP contribution in [0.25, 0.3) is 11.2 Å². The molecule has 0 bridgehead atoms. The zero-order valence-electron chi connectivity index (χ0n) is 43.8. The number of carboxylic acids is 1. The lowest BCUT2D eigenvalue weighted by Gasteiger charge is -2.44. The molecule has 0 aliphatic heterocycles. The fourth-order valence-electron chi connectivity index (χ4n) is 2.61. The lowest BCUT2D eigenvalue weighted by atomic mass is 9.61. The zero-order valence-corrected chi connectivity index (χ0v) is 15.8. The standard InChI is InChI=1S/C23H36N4O4/c1-5-14-26-18-17(19(30)27(15-6-2)21(26)31)24-20(25-18)22(4)10-12-23(7-3,13-11-22)9-8-16(28)29/h5-15H2,1-4H3,(H,24,25)(H,28,29)/i1D3,2D3,3D2,5D2,7D2,8D2,9D2,10D2,11D2,12D2,13D2,14D2,15D2. The Labute approximate surface area is 222 Å². The number of nitrogens with one attached hydrogen (secondary N) is 1. The van der Waals surface area contributed by atoms with E-state index in [9.17, 15) is 19.5 Å². The molecule has 0 atom stereocenters. The van der Waals surface area contributed by atoms with Crippen LogP contribution < -0.4 is 11.2 Å². The van der Waals surface area contributed by atoms with Crippen molar-refractivity contribution in [3.8, 4) is 0 Å². The van der Waals surface area contributed by atoms with Gasteiger partial charge in [0.1, 0.15) is 11.3 Å². The van der Waals surface area contributed by atoms with Gasteiger partial charge in [-0.2, -0.15) is 0 Å². The van der Waals surface area contributed by atoms with Gasteiger partial charge in [-0.25, -0.2) is 9.78 Å². The van der Waals surface area contributed by atoms with E-state index in [1.54, 1.807) is 0 Å². The normalized spacial score (nSPS) is 47.5. The molecule has 8 heteroatoms. The molecule has 172 valence electrons. The van der Waals surface area contributed by atoms with Gasteiger partial charge >= 0.3 is 11.7 Å². The Kier molecular flexibility index (Phi) is 1.85. The van der Waals surface area contributed by atoms with Crippen LogP contribution in [-0.2, 0) is 23.2 Å². The third kappa shape index (κ3) is 4.34. The van der Waals surface area contributed by atoms with Crippen molar-refractivity contribution in [2.45, 2.75) is 103 Å². The first kappa shape index (κ1) is 6.35. The van der Waals surface area contributed by atoms with Crippen molar-refractivity contribution in [1.82, 2.24) is 19.1 Å². The van der Waals surface area contributed by atoms with Gasteiger partial charge in [0.2, 0.25) is 0 Å². The minimum Gasteiger partial charge on any atom is -0.481 e. The van der Waals surface area contributed by atoms with E-state index in [0.717, 1.165) is 0 Å². The quantitative estimate of drug-likeness (QED) is 0.591. The van der Waals surface area contributed by atoms with Crippen LogP contribution >= 0.6 is 0 Å². The Morgan fingerprint density at radius 3 is 2.68 bits per heavy atom. The molecule has 1 fully saturated rings. The molecular formula is C23H36N4O4. The van der Waals surface area contributed by atoms with Gasteiger partial charge in [-0.05, 0) is 50.1 Å². The van der Waals surface area contributed by atoms with E-state index in [1.807, 2.05) is 4.98 Å². The highest BCUT2D eigenvalue weighted by Gasteiger charge is 2.42. The first-order valence-corrected chi connectivity index (χ1v) is 8.37. The SMILES string of the molecule is [2H]C([2H])C([2H])([2H])C1(C([2H])([2H])C([2H])([2H])C(=O)O)C([2H])([2H])C([2H])([2H])C(C)(c2nc3c([nH]2)c(=O)n(C([2H])([2H])CC([2H])([2H])[2H])c(=O)n3C([2H])([2H])C([2H])([2H])C([2H])([2H])[2H])C([2H])([2H])C1([2H])[2H]. The summed E-state index contributed by atoms with van der Waals surface area (Å²) in [5.74, 6) is -4.54. The number of aromatic nitrogens is 4. The number of fused-ring (bicyclic) bond motifs is 1. The third-order valence-corrected chi connectivity index (χ3v) is 4.15. The number of H-pyrrole nitrogens is 1. The number of hydrogen-bond acceptors (Lipinski definition) is 4. The van der Waals surface area contributed by atoms with Gasteiger partial charge in [-0.1, -0.05) is 33.9 Å². The molecule has 2 heterocycles. The van der Waals surface area contributed by atoms with Gasteiger partial charge in [0.15, 0.2) is 5.65 Å². The second-order valence-electron chi connectivity index (χ2n) is 6.19. The molecule has 8 nitrogen and oxygen atoms in total. The van der Waals surface area contributed by atoms with Gasteiger partial charge in [0, 0.05) is 60.4 Å². The monoisotopic (exact) mass is 460 g/mol. The average Bonchev–Trinajstić information content (AvgIpc) is 3.42. The number of aryl methyl sites for hydroxylation is 1. The van der Waals surface area contributed by atoms with Crippen molar-refractivity contribution in [2.24, 2.45) is 5.41 Å². The third-order valence-electron chi connectivity index (χ3n) is 4.15. The summed E-state index contributed by atoms with van der Waals surface area (Å²) in [4.78, 5) is 45.6. The van der Waals surface area contributed by atoms with Crippen molar-refractivity contribution < 1.29 is 48.3 Å². The van der Waals surface area contributed by atoms with Gasteiger partial charge in [0.05, 0.1) is 2.74 Å². The highest BCUT2D eigenvalue weighted by molar-refractivity contribution is 5.70. The van der Waals surface area contributed by atoms with E-state index >= 15 is 0 Å². The lowest BCUT2D eigenvalue weighted by molar-refractivity contribution is -0.137. The van der Waals surface area contributed by atoms with Crippen LogP contribution in [0.15, 0.2) is 9.59 Å². The predicted octanol–water partition coefficient (Wildman–Crippen LogP) is 3.80. The number of carboxylic acid groups (broad SMARTS) is 1. The summed E-state index contributed by atoms with van der Waals surface area (Å²) >= 11 is 0. The largest absolute Gasteiger partial charge is 0.481 e. The summed E-state index contributed by atoms with van der Waals surface area (Å²) in [6, 6.07) is 0.